The summed E-state index contributed by atoms with van der Waals surface area (Å²) in [7, 11) is 0. The Labute approximate surface area is 91.5 Å². The molecule has 0 atom stereocenters. The van der Waals surface area contributed by atoms with Gasteiger partial charge in [0.25, 0.3) is 0 Å². The van der Waals surface area contributed by atoms with E-state index >= 15 is 0 Å². The van der Waals surface area contributed by atoms with Crippen LogP contribution in [0.1, 0.15) is 12.8 Å². The average molecular weight is 226 g/mol. The van der Waals surface area contributed by atoms with Crippen LogP contribution in [0.2, 0.25) is 0 Å². The van der Waals surface area contributed by atoms with Gasteiger partial charge in [-0.05, 0) is 25.0 Å². The molecule has 0 unspecified atom stereocenters. The number of benzene rings is 1. The van der Waals surface area contributed by atoms with E-state index in [0.29, 0.717) is 5.96 Å². The van der Waals surface area contributed by atoms with Crippen molar-refractivity contribution in [1.82, 2.24) is 5.43 Å². The summed E-state index contributed by atoms with van der Waals surface area (Å²) in [6, 6.07) is 3.40. The quantitative estimate of drug-likeness (QED) is 0.309. The van der Waals surface area contributed by atoms with Gasteiger partial charge in [-0.25, -0.2) is 19.6 Å². The number of hydrazine groups is 1. The summed E-state index contributed by atoms with van der Waals surface area (Å²) in [6.45, 7) is 0. The van der Waals surface area contributed by atoms with E-state index in [9.17, 15) is 8.78 Å². The molecule has 16 heavy (non-hydrogen) atoms. The van der Waals surface area contributed by atoms with Crippen LogP contribution in [0.5, 0.6) is 0 Å². The number of nitrogens with two attached hydrogens (primary N) is 1. The Kier molecular flexibility index (Phi) is 3.00. The zero-order valence-electron chi connectivity index (χ0n) is 8.50. The van der Waals surface area contributed by atoms with Crippen LogP contribution in [0.4, 0.5) is 14.5 Å². The number of guanidine groups is 1. The second-order valence-corrected chi connectivity index (χ2v) is 3.64. The van der Waals surface area contributed by atoms with Crippen molar-refractivity contribution in [2.24, 2.45) is 10.8 Å². The Morgan fingerprint density at radius 1 is 1.25 bits per heavy atom. The van der Waals surface area contributed by atoms with Crippen molar-refractivity contribution in [3.05, 3.63) is 29.8 Å². The number of rotatable bonds is 2. The van der Waals surface area contributed by atoms with Crippen LogP contribution in [0.15, 0.2) is 23.2 Å². The van der Waals surface area contributed by atoms with Crippen molar-refractivity contribution < 1.29 is 8.78 Å². The van der Waals surface area contributed by atoms with Gasteiger partial charge in [-0.2, -0.15) is 0 Å². The van der Waals surface area contributed by atoms with Gasteiger partial charge < -0.3 is 5.32 Å². The fourth-order valence-electron chi connectivity index (χ4n) is 1.25. The summed E-state index contributed by atoms with van der Waals surface area (Å²) in [5, 5.41) is 2.72. The molecule has 0 radical (unpaired) electrons. The van der Waals surface area contributed by atoms with Crippen LogP contribution in [0.3, 0.4) is 0 Å². The highest BCUT2D eigenvalue weighted by atomic mass is 19.1. The van der Waals surface area contributed by atoms with Gasteiger partial charge in [0.05, 0.1) is 6.04 Å². The molecule has 4 nitrogen and oxygen atoms in total. The average Bonchev–Trinajstić information content (AvgIpc) is 2.99. The third-order valence-electron chi connectivity index (χ3n) is 2.12. The molecule has 1 saturated carbocycles. The third kappa shape index (κ3) is 2.90. The third-order valence-corrected chi connectivity index (χ3v) is 2.12. The highest BCUT2D eigenvalue weighted by molar-refractivity contribution is 5.93. The van der Waals surface area contributed by atoms with Crippen molar-refractivity contribution >= 4 is 11.6 Å². The van der Waals surface area contributed by atoms with E-state index in [4.69, 9.17) is 5.84 Å². The van der Waals surface area contributed by atoms with Gasteiger partial charge in [0.15, 0.2) is 0 Å². The van der Waals surface area contributed by atoms with Crippen LogP contribution < -0.4 is 16.6 Å². The molecule has 1 aliphatic rings. The molecule has 1 aromatic carbocycles. The second-order valence-electron chi connectivity index (χ2n) is 3.64. The van der Waals surface area contributed by atoms with E-state index in [0.717, 1.165) is 18.9 Å². The first-order valence-corrected chi connectivity index (χ1v) is 4.95. The smallest absolute Gasteiger partial charge is 0.210 e. The molecule has 86 valence electrons. The lowest BCUT2D eigenvalue weighted by Gasteiger charge is -2.09. The van der Waals surface area contributed by atoms with Gasteiger partial charge >= 0.3 is 0 Å². The maximum Gasteiger partial charge on any atom is 0.210 e. The van der Waals surface area contributed by atoms with Crippen molar-refractivity contribution in [3.8, 4) is 0 Å². The second kappa shape index (κ2) is 4.44. The Hall–Kier alpha value is -1.69. The van der Waals surface area contributed by atoms with Crippen molar-refractivity contribution in [2.75, 3.05) is 5.32 Å². The molecule has 6 heteroatoms. The molecule has 0 heterocycles. The molecule has 2 rings (SSSR count). The molecule has 0 bridgehead atoms. The SMILES string of the molecule is NNC(=NC1CC1)Nc1cc(F)cc(F)c1. The Balaban J connectivity index is 2.11. The number of anilines is 1. The number of nitrogens with zero attached hydrogens (tertiary/aromatic N) is 1. The monoisotopic (exact) mass is 226 g/mol. The predicted octanol–water partition coefficient (Wildman–Crippen LogP) is 1.36. The van der Waals surface area contributed by atoms with Gasteiger partial charge in [0, 0.05) is 11.8 Å². The molecule has 0 aliphatic heterocycles. The standard InChI is InChI=1S/C10H12F2N4/c11-6-3-7(12)5-9(4-6)15-10(16-13)14-8-1-2-8/h3-5,8H,1-2,13H2,(H2,14,15,16). The van der Waals surface area contributed by atoms with Crippen molar-refractivity contribution in [2.45, 2.75) is 18.9 Å². The normalized spacial score (nSPS) is 16.1. The molecule has 1 aromatic rings. The van der Waals surface area contributed by atoms with Crippen molar-refractivity contribution in [1.29, 1.82) is 0 Å². The highest BCUT2D eigenvalue weighted by Crippen LogP contribution is 2.23. The zero-order valence-corrected chi connectivity index (χ0v) is 8.50. The molecule has 4 N–H and O–H groups in total. The van der Waals surface area contributed by atoms with Gasteiger partial charge in [0.1, 0.15) is 11.6 Å². The maximum atomic E-state index is 12.9. The number of aliphatic imine (C=N–C) groups is 1. The Morgan fingerprint density at radius 2 is 1.88 bits per heavy atom. The predicted molar refractivity (Wildman–Crippen MR) is 57.8 cm³/mol. The molecular formula is C10H12F2N4. The van der Waals surface area contributed by atoms with Gasteiger partial charge in [-0.1, -0.05) is 0 Å². The minimum Gasteiger partial charge on any atom is -0.325 e. The zero-order chi connectivity index (χ0) is 11.5. The van der Waals surface area contributed by atoms with Gasteiger partial charge in [-0.3, -0.25) is 5.43 Å². The molecular weight excluding hydrogens is 214 g/mol. The lowest BCUT2D eigenvalue weighted by molar-refractivity contribution is 0.584. The summed E-state index contributed by atoms with van der Waals surface area (Å²) in [5.41, 5.74) is 2.63. The van der Waals surface area contributed by atoms with E-state index < -0.39 is 11.6 Å². The molecule has 1 fully saturated rings. The van der Waals surface area contributed by atoms with E-state index in [1.165, 1.54) is 12.1 Å². The van der Waals surface area contributed by atoms with E-state index in [-0.39, 0.29) is 11.7 Å². The number of halogens is 2. The first-order chi connectivity index (χ1) is 7.67. The van der Waals surface area contributed by atoms with Crippen LogP contribution in [0, 0.1) is 11.6 Å². The summed E-state index contributed by atoms with van der Waals surface area (Å²) in [5.74, 6) is 4.26. The maximum absolute atomic E-state index is 12.9. The summed E-state index contributed by atoms with van der Waals surface area (Å²) >= 11 is 0. The molecule has 0 spiro atoms. The molecule has 0 amide bonds. The minimum absolute atomic E-state index is 0.261. The summed E-state index contributed by atoms with van der Waals surface area (Å²) in [6.07, 6.45) is 2.04. The van der Waals surface area contributed by atoms with Crippen LogP contribution in [-0.2, 0) is 0 Å². The first-order valence-electron chi connectivity index (χ1n) is 4.95. The Morgan fingerprint density at radius 3 is 2.38 bits per heavy atom. The van der Waals surface area contributed by atoms with Gasteiger partial charge in [-0.15, -0.1) is 0 Å². The van der Waals surface area contributed by atoms with Crippen molar-refractivity contribution in [3.63, 3.8) is 0 Å². The number of hydrogen-bond donors (Lipinski definition) is 3. The van der Waals surface area contributed by atoms with E-state index in [1.54, 1.807) is 0 Å². The largest absolute Gasteiger partial charge is 0.325 e. The van der Waals surface area contributed by atoms with E-state index in [2.05, 4.69) is 15.7 Å². The minimum atomic E-state index is -0.648. The number of hydrogen-bond acceptors (Lipinski definition) is 2. The van der Waals surface area contributed by atoms with Crippen LogP contribution in [0.25, 0.3) is 0 Å². The molecule has 0 aromatic heterocycles. The topological polar surface area (TPSA) is 62.4 Å². The lowest BCUT2D eigenvalue weighted by atomic mass is 10.3. The van der Waals surface area contributed by atoms with Crippen LogP contribution >= 0.6 is 0 Å². The van der Waals surface area contributed by atoms with Crippen LogP contribution in [-0.4, -0.2) is 12.0 Å². The van der Waals surface area contributed by atoms with Gasteiger partial charge in [0.2, 0.25) is 5.96 Å². The van der Waals surface area contributed by atoms with E-state index in [1.807, 2.05) is 0 Å². The first kappa shape index (κ1) is 10.8. The fourth-order valence-corrected chi connectivity index (χ4v) is 1.25. The highest BCUT2D eigenvalue weighted by Gasteiger charge is 2.21. The Bertz CT molecular complexity index is 395. The molecule has 0 saturated heterocycles. The molecule has 1 aliphatic carbocycles. The lowest BCUT2D eigenvalue weighted by Crippen LogP contribution is -2.36. The number of nitrogens with one attached hydrogen (secondary N) is 2. The summed E-state index contributed by atoms with van der Waals surface area (Å²) < 4.78 is 25.8. The fraction of sp³-hybridized carbons (Fsp3) is 0.300. The summed E-state index contributed by atoms with van der Waals surface area (Å²) in [4.78, 5) is 4.19.